The maximum Gasteiger partial charge on any atom is 0.221 e. The van der Waals surface area contributed by atoms with Crippen molar-refractivity contribution in [3.8, 4) is 11.3 Å². The Morgan fingerprint density at radius 1 is 1.25 bits per heavy atom. The highest BCUT2D eigenvalue weighted by Crippen LogP contribution is 2.19. The molecule has 0 atom stereocenters. The smallest absolute Gasteiger partial charge is 0.221 e. The van der Waals surface area contributed by atoms with Gasteiger partial charge >= 0.3 is 0 Å². The summed E-state index contributed by atoms with van der Waals surface area (Å²) in [5.41, 5.74) is 8.96. The Balaban J connectivity index is 1.90. The van der Waals surface area contributed by atoms with Gasteiger partial charge in [0.1, 0.15) is 0 Å². The van der Waals surface area contributed by atoms with Crippen molar-refractivity contribution in [1.29, 1.82) is 0 Å². The summed E-state index contributed by atoms with van der Waals surface area (Å²) in [6, 6.07) is 12.0. The van der Waals surface area contributed by atoms with Crippen LogP contribution in [-0.4, -0.2) is 15.9 Å². The third kappa shape index (κ3) is 2.48. The lowest BCUT2D eigenvalue weighted by Gasteiger charge is -1.94. The number of nitrogens with two attached hydrogens (primary N) is 1. The van der Waals surface area contributed by atoms with Crippen molar-refractivity contribution in [3.63, 3.8) is 0 Å². The molecule has 0 aliphatic carbocycles. The van der Waals surface area contributed by atoms with Gasteiger partial charge in [0.25, 0.3) is 0 Å². The fraction of sp³-hybridized carbons (Fsp3) is 0.0667. The quantitative estimate of drug-likeness (QED) is 0.749. The molecule has 0 radical (unpaired) electrons. The zero-order valence-corrected chi connectivity index (χ0v) is 11.8. The fourth-order valence-corrected chi connectivity index (χ4v) is 2.64. The van der Waals surface area contributed by atoms with E-state index in [9.17, 15) is 0 Å². The molecule has 3 rings (SSSR count). The molecule has 2 heterocycles. The van der Waals surface area contributed by atoms with Gasteiger partial charge in [-0.05, 0) is 23.9 Å². The molecule has 2 aromatic heterocycles. The summed E-state index contributed by atoms with van der Waals surface area (Å²) in [7, 11) is 0. The molecule has 0 unspecified atom stereocenters. The van der Waals surface area contributed by atoms with Crippen LogP contribution >= 0.6 is 11.3 Å². The number of hydrogen-bond acceptors (Lipinski definition) is 4. The second-order valence-corrected chi connectivity index (χ2v) is 5.36. The number of rotatable bonds is 3. The van der Waals surface area contributed by atoms with Crippen molar-refractivity contribution >= 4 is 23.5 Å². The summed E-state index contributed by atoms with van der Waals surface area (Å²) in [5, 5.41) is 6.41. The molecule has 3 aromatic rings. The van der Waals surface area contributed by atoms with E-state index in [2.05, 4.69) is 23.1 Å². The molecule has 1 aromatic carbocycles. The molecular formula is C15H14N4S. The third-order valence-electron chi connectivity index (χ3n) is 2.98. The number of aromatic nitrogens is 2. The molecule has 0 spiro atoms. The molecule has 0 bridgehead atoms. The van der Waals surface area contributed by atoms with Gasteiger partial charge in [-0.1, -0.05) is 30.3 Å². The molecule has 0 amide bonds. The van der Waals surface area contributed by atoms with Gasteiger partial charge in [0.05, 0.1) is 23.0 Å². The van der Waals surface area contributed by atoms with E-state index in [0.29, 0.717) is 5.95 Å². The fourth-order valence-electron chi connectivity index (χ4n) is 1.86. The van der Waals surface area contributed by atoms with E-state index >= 15 is 0 Å². The van der Waals surface area contributed by atoms with Crippen LogP contribution in [0.15, 0.2) is 53.1 Å². The molecule has 100 valence electrons. The largest absolute Gasteiger partial charge is 0.368 e. The third-order valence-corrected chi connectivity index (χ3v) is 3.94. The Hall–Kier alpha value is -2.40. The summed E-state index contributed by atoms with van der Waals surface area (Å²) in [6.45, 7) is 2.06. The summed E-state index contributed by atoms with van der Waals surface area (Å²) >= 11 is 1.65. The molecule has 4 nitrogen and oxygen atoms in total. The first kappa shape index (κ1) is 12.6. The lowest BCUT2D eigenvalue weighted by atomic mass is 10.2. The summed E-state index contributed by atoms with van der Waals surface area (Å²) in [6.07, 6.45) is 3.65. The maximum atomic E-state index is 5.90. The first-order valence-corrected chi connectivity index (χ1v) is 7.11. The molecule has 0 aliphatic heterocycles. The molecule has 2 N–H and O–H groups in total. The number of aryl methyl sites for hydroxylation is 1. The average molecular weight is 282 g/mol. The van der Waals surface area contributed by atoms with Crippen molar-refractivity contribution in [2.24, 2.45) is 5.10 Å². The number of benzene rings is 1. The van der Waals surface area contributed by atoms with Gasteiger partial charge in [-0.2, -0.15) is 5.10 Å². The van der Waals surface area contributed by atoms with Crippen LogP contribution in [0.1, 0.15) is 10.4 Å². The number of anilines is 1. The lowest BCUT2D eigenvalue weighted by Crippen LogP contribution is -1.96. The minimum atomic E-state index is 0.384. The van der Waals surface area contributed by atoms with Crippen LogP contribution in [0.2, 0.25) is 0 Å². The number of hydrogen-bond donors (Lipinski definition) is 1. The van der Waals surface area contributed by atoms with E-state index < -0.39 is 0 Å². The van der Waals surface area contributed by atoms with Gasteiger partial charge in [0.15, 0.2) is 0 Å². The number of imidazole rings is 1. The normalized spacial score (nSPS) is 11.2. The molecule has 0 fully saturated rings. The first-order chi connectivity index (χ1) is 9.74. The van der Waals surface area contributed by atoms with Crippen molar-refractivity contribution in [1.82, 2.24) is 9.66 Å². The summed E-state index contributed by atoms with van der Waals surface area (Å²) < 4.78 is 1.60. The maximum absolute atomic E-state index is 5.90. The van der Waals surface area contributed by atoms with Crippen LogP contribution in [0.3, 0.4) is 0 Å². The Morgan fingerprint density at radius 2 is 2.05 bits per heavy atom. The van der Waals surface area contributed by atoms with Crippen LogP contribution in [0.4, 0.5) is 5.95 Å². The highest BCUT2D eigenvalue weighted by Gasteiger charge is 2.05. The van der Waals surface area contributed by atoms with Crippen LogP contribution < -0.4 is 5.73 Å². The van der Waals surface area contributed by atoms with E-state index in [-0.39, 0.29) is 0 Å². The Labute approximate surface area is 121 Å². The van der Waals surface area contributed by atoms with Crippen LogP contribution in [0.5, 0.6) is 0 Å². The van der Waals surface area contributed by atoms with Crippen LogP contribution in [0.25, 0.3) is 11.3 Å². The van der Waals surface area contributed by atoms with E-state index in [1.165, 1.54) is 5.56 Å². The first-order valence-electron chi connectivity index (χ1n) is 6.23. The monoisotopic (exact) mass is 282 g/mol. The van der Waals surface area contributed by atoms with Crippen molar-refractivity contribution < 1.29 is 0 Å². The predicted molar refractivity (Wildman–Crippen MR) is 84.1 cm³/mol. The SMILES string of the molecule is Cc1ccsc1/C=N/n1cc(-c2ccccc2)nc1N. The van der Waals surface area contributed by atoms with Gasteiger partial charge in [0, 0.05) is 5.56 Å². The van der Waals surface area contributed by atoms with Gasteiger partial charge < -0.3 is 5.73 Å². The van der Waals surface area contributed by atoms with Gasteiger partial charge in [-0.15, -0.1) is 11.3 Å². The Kier molecular flexibility index (Phi) is 3.35. The highest BCUT2D eigenvalue weighted by molar-refractivity contribution is 7.11. The molecule has 0 saturated carbocycles. The van der Waals surface area contributed by atoms with Crippen LogP contribution in [0, 0.1) is 6.92 Å². The number of nitrogen functional groups attached to an aromatic ring is 1. The van der Waals surface area contributed by atoms with E-state index in [0.717, 1.165) is 16.1 Å². The standard InChI is InChI=1S/C15H14N4S/c1-11-7-8-20-14(11)9-17-19-10-13(18-15(19)16)12-5-3-2-4-6-12/h2-10H,1H3,(H2,16,18)/b17-9+. The topological polar surface area (TPSA) is 56.2 Å². The van der Waals surface area contributed by atoms with E-state index in [1.807, 2.05) is 48.1 Å². The zero-order valence-electron chi connectivity index (χ0n) is 11.0. The van der Waals surface area contributed by atoms with Crippen molar-refractivity contribution in [3.05, 3.63) is 58.4 Å². The highest BCUT2D eigenvalue weighted by atomic mass is 32.1. The molecule has 5 heteroatoms. The van der Waals surface area contributed by atoms with Gasteiger partial charge in [-0.25, -0.2) is 9.66 Å². The number of nitrogens with zero attached hydrogens (tertiary/aromatic N) is 3. The van der Waals surface area contributed by atoms with Gasteiger partial charge in [0.2, 0.25) is 5.95 Å². The van der Waals surface area contributed by atoms with Crippen molar-refractivity contribution in [2.75, 3.05) is 5.73 Å². The van der Waals surface area contributed by atoms with E-state index in [1.54, 1.807) is 16.0 Å². The Morgan fingerprint density at radius 3 is 2.75 bits per heavy atom. The average Bonchev–Trinajstić information content (AvgIpc) is 3.04. The summed E-state index contributed by atoms with van der Waals surface area (Å²) in [5.74, 6) is 0.384. The van der Waals surface area contributed by atoms with Crippen molar-refractivity contribution in [2.45, 2.75) is 6.92 Å². The Bertz CT molecular complexity index is 740. The zero-order chi connectivity index (χ0) is 13.9. The molecule has 20 heavy (non-hydrogen) atoms. The molecular weight excluding hydrogens is 268 g/mol. The van der Waals surface area contributed by atoms with E-state index in [4.69, 9.17) is 5.73 Å². The van der Waals surface area contributed by atoms with Crippen LogP contribution in [-0.2, 0) is 0 Å². The second kappa shape index (κ2) is 5.30. The minimum Gasteiger partial charge on any atom is -0.368 e. The minimum absolute atomic E-state index is 0.384. The summed E-state index contributed by atoms with van der Waals surface area (Å²) in [4.78, 5) is 5.46. The molecule has 0 saturated heterocycles. The number of thiophene rings is 1. The lowest BCUT2D eigenvalue weighted by molar-refractivity contribution is 0.898. The predicted octanol–water partition coefficient (Wildman–Crippen LogP) is 3.38. The van der Waals surface area contributed by atoms with Gasteiger partial charge in [-0.3, -0.25) is 0 Å². The second-order valence-electron chi connectivity index (χ2n) is 4.41. The molecule has 0 aliphatic rings.